The summed E-state index contributed by atoms with van der Waals surface area (Å²) < 4.78 is 1.76. The number of thioether (sulfide) groups is 1. The first-order chi connectivity index (χ1) is 13.0. The lowest BCUT2D eigenvalue weighted by atomic mass is 10.1. The van der Waals surface area contributed by atoms with E-state index in [9.17, 15) is 9.59 Å². The Morgan fingerprint density at radius 3 is 2.78 bits per heavy atom. The molecule has 2 atom stereocenters. The van der Waals surface area contributed by atoms with E-state index in [1.54, 1.807) is 10.9 Å². The minimum absolute atomic E-state index is 0.198. The van der Waals surface area contributed by atoms with E-state index in [4.69, 9.17) is 0 Å². The van der Waals surface area contributed by atoms with Gasteiger partial charge in [-0.15, -0.1) is 11.8 Å². The summed E-state index contributed by atoms with van der Waals surface area (Å²) in [5.41, 5.74) is 3.56. The molecule has 138 valence electrons. The molecule has 3 amide bonds. The van der Waals surface area contributed by atoms with E-state index >= 15 is 0 Å². The van der Waals surface area contributed by atoms with Crippen LogP contribution in [-0.4, -0.2) is 38.0 Å². The Bertz CT molecular complexity index is 994. The number of hydrogen-bond acceptors (Lipinski definition) is 5. The van der Waals surface area contributed by atoms with Crippen LogP contribution in [0.2, 0.25) is 0 Å². The number of urea groups is 1. The van der Waals surface area contributed by atoms with Gasteiger partial charge in [0.15, 0.2) is 0 Å². The van der Waals surface area contributed by atoms with Gasteiger partial charge in [-0.05, 0) is 43.4 Å². The molecule has 0 bridgehead atoms. The van der Waals surface area contributed by atoms with E-state index in [1.807, 2.05) is 38.5 Å². The van der Waals surface area contributed by atoms with Crippen molar-refractivity contribution in [1.29, 1.82) is 0 Å². The van der Waals surface area contributed by atoms with Gasteiger partial charge in [-0.2, -0.15) is 5.10 Å². The third-order valence-electron chi connectivity index (χ3n) is 5.20. The van der Waals surface area contributed by atoms with Crippen molar-refractivity contribution in [3.8, 4) is 0 Å². The van der Waals surface area contributed by atoms with Crippen molar-refractivity contribution in [2.24, 2.45) is 7.05 Å². The summed E-state index contributed by atoms with van der Waals surface area (Å²) in [7, 11) is 1.87. The molecule has 4 heterocycles. The van der Waals surface area contributed by atoms with Gasteiger partial charge in [0.05, 0.1) is 23.6 Å². The van der Waals surface area contributed by atoms with Crippen LogP contribution in [0, 0.1) is 6.92 Å². The van der Waals surface area contributed by atoms with E-state index in [2.05, 4.69) is 15.4 Å². The first-order valence-corrected chi connectivity index (χ1v) is 9.88. The van der Waals surface area contributed by atoms with Crippen LogP contribution >= 0.6 is 11.8 Å². The Morgan fingerprint density at radius 2 is 2.07 bits per heavy atom. The molecule has 27 heavy (non-hydrogen) atoms. The van der Waals surface area contributed by atoms with E-state index in [1.165, 1.54) is 16.7 Å². The van der Waals surface area contributed by atoms with E-state index in [-0.39, 0.29) is 17.2 Å². The quantitative estimate of drug-likeness (QED) is 0.884. The van der Waals surface area contributed by atoms with Gasteiger partial charge in [-0.3, -0.25) is 14.5 Å². The summed E-state index contributed by atoms with van der Waals surface area (Å²) in [5.74, 6) is 0.312. The fourth-order valence-electron chi connectivity index (χ4n) is 3.70. The van der Waals surface area contributed by atoms with Crippen LogP contribution in [0.15, 0.2) is 30.7 Å². The van der Waals surface area contributed by atoms with Crippen LogP contribution in [0.25, 0.3) is 4.91 Å². The van der Waals surface area contributed by atoms with Crippen molar-refractivity contribution in [3.05, 3.63) is 47.6 Å². The molecule has 0 radical (unpaired) electrons. The van der Waals surface area contributed by atoms with Gasteiger partial charge in [-0.25, -0.2) is 9.69 Å². The number of fused-ring (bicyclic) bond motifs is 1. The average Bonchev–Trinajstić information content (AvgIpc) is 3.31. The van der Waals surface area contributed by atoms with Gasteiger partial charge >= 0.3 is 6.03 Å². The number of carbonyl (C=O) groups is 2. The summed E-state index contributed by atoms with van der Waals surface area (Å²) in [4.78, 5) is 32.3. The predicted octanol–water partition coefficient (Wildman–Crippen LogP) is 2.58. The lowest BCUT2D eigenvalue weighted by Gasteiger charge is -2.33. The highest BCUT2D eigenvalue weighted by Crippen LogP contribution is 2.44. The Kier molecular flexibility index (Phi) is 3.65. The van der Waals surface area contributed by atoms with E-state index in [0.717, 1.165) is 34.6 Å². The zero-order chi connectivity index (χ0) is 18.7. The Morgan fingerprint density at radius 1 is 1.26 bits per heavy atom. The number of hydrogen-bond donors (Lipinski definition) is 1. The zero-order valence-electron chi connectivity index (χ0n) is 15.0. The SMILES string of the molecule is Cc1nn(C)cc1C1=CC2NC(=O)N(c3cncc(C4CC4)c3)C(=O)C2S1. The number of nitrogens with zero attached hydrogens (tertiary/aromatic N) is 4. The maximum Gasteiger partial charge on any atom is 0.329 e. The minimum atomic E-state index is -0.392. The first-order valence-electron chi connectivity index (χ1n) is 9.00. The van der Waals surface area contributed by atoms with Crippen LogP contribution in [0.5, 0.6) is 0 Å². The van der Waals surface area contributed by atoms with E-state index in [0.29, 0.717) is 11.6 Å². The second-order valence-corrected chi connectivity index (χ2v) is 8.45. The number of aromatic nitrogens is 3. The molecule has 2 fully saturated rings. The van der Waals surface area contributed by atoms with E-state index < -0.39 is 6.03 Å². The summed E-state index contributed by atoms with van der Waals surface area (Å²) in [6, 6.07) is 1.22. The molecule has 8 heteroatoms. The van der Waals surface area contributed by atoms with Crippen molar-refractivity contribution >= 4 is 34.3 Å². The Balaban J connectivity index is 1.44. The maximum absolute atomic E-state index is 13.1. The third kappa shape index (κ3) is 2.75. The topological polar surface area (TPSA) is 80.1 Å². The number of nitrogens with one attached hydrogen (secondary N) is 1. The standard InChI is InChI=1S/C19H19N5O2S/c1-10-14(9-23(2)22-10)16-6-15-17(27-16)18(25)24(19(26)21-15)13-5-12(7-20-8-13)11-3-4-11/h5-9,11,15,17H,3-4H2,1-2H3,(H,21,26). The number of aryl methyl sites for hydroxylation is 2. The van der Waals surface area contributed by atoms with Gasteiger partial charge in [-0.1, -0.05) is 0 Å². The molecule has 3 aliphatic rings. The smallest absolute Gasteiger partial charge is 0.329 e. The molecule has 2 aromatic rings. The number of pyridine rings is 1. The van der Waals surface area contributed by atoms with Crippen molar-refractivity contribution in [2.45, 2.75) is 37.0 Å². The van der Waals surface area contributed by atoms with Crippen molar-refractivity contribution in [2.75, 3.05) is 4.90 Å². The summed E-state index contributed by atoms with van der Waals surface area (Å²) in [6.07, 6.45) is 9.60. The van der Waals surface area contributed by atoms with Crippen molar-refractivity contribution < 1.29 is 9.59 Å². The van der Waals surface area contributed by atoms with Crippen LogP contribution < -0.4 is 10.2 Å². The second kappa shape index (κ2) is 5.95. The van der Waals surface area contributed by atoms with Crippen molar-refractivity contribution in [3.63, 3.8) is 0 Å². The normalized spacial score (nSPS) is 24.7. The van der Waals surface area contributed by atoms with Gasteiger partial charge in [0, 0.05) is 29.9 Å². The molecule has 0 spiro atoms. The fraction of sp³-hybridized carbons (Fsp3) is 0.368. The fourth-order valence-corrected chi connectivity index (χ4v) is 5.03. The minimum Gasteiger partial charge on any atom is -0.329 e. The highest BCUT2D eigenvalue weighted by molar-refractivity contribution is 8.09. The Hall–Kier alpha value is -2.61. The molecular weight excluding hydrogens is 362 g/mol. The van der Waals surface area contributed by atoms with Crippen LogP contribution in [-0.2, 0) is 11.8 Å². The number of anilines is 1. The van der Waals surface area contributed by atoms with Crippen LogP contribution in [0.1, 0.15) is 35.6 Å². The summed E-state index contributed by atoms with van der Waals surface area (Å²) >= 11 is 1.49. The third-order valence-corrected chi connectivity index (χ3v) is 6.56. The summed E-state index contributed by atoms with van der Waals surface area (Å²) in [6.45, 7) is 1.94. The molecule has 0 aromatic carbocycles. The molecule has 5 rings (SSSR count). The molecule has 1 aliphatic carbocycles. The van der Waals surface area contributed by atoms with Crippen molar-refractivity contribution in [1.82, 2.24) is 20.1 Å². The largest absolute Gasteiger partial charge is 0.329 e. The molecular formula is C19H19N5O2S. The maximum atomic E-state index is 13.1. The average molecular weight is 381 g/mol. The Labute approximate surface area is 160 Å². The highest BCUT2D eigenvalue weighted by atomic mass is 32.2. The number of amides is 3. The lowest BCUT2D eigenvalue weighted by Crippen LogP contribution is -2.60. The van der Waals surface area contributed by atoms with Crippen LogP contribution in [0.3, 0.4) is 0 Å². The molecule has 2 aromatic heterocycles. The lowest BCUT2D eigenvalue weighted by molar-refractivity contribution is -0.118. The molecule has 2 aliphatic heterocycles. The molecule has 1 saturated heterocycles. The zero-order valence-corrected chi connectivity index (χ0v) is 15.9. The van der Waals surface area contributed by atoms with Crippen LogP contribution in [0.4, 0.5) is 10.5 Å². The molecule has 2 unspecified atom stereocenters. The monoisotopic (exact) mass is 381 g/mol. The van der Waals surface area contributed by atoms with Gasteiger partial charge in [0.1, 0.15) is 5.25 Å². The van der Waals surface area contributed by atoms with Gasteiger partial charge < -0.3 is 5.32 Å². The second-order valence-electron chi connectivity index (χ2n) is 7.27. The number of carbonyl (C=O) groups excluding carboxylic acids is 2. The first kappa shape index (κ1) is 16.6. The number of imide groups is 1. The predicted molar refractivity (Wildman–Crippen MR) is 103 cm³/mol. The number of rotatable bonds is 3. The molecule has 7 nitrogen and oxygen atoms in total. The van der Waals surface area contributed by atoms with Gasteiger partial charge in [0.2, 0.25) is 0 Å². The molecule has 1 saturated carbocycles. The van der Waals surface area contributed by atoms with Gasteiger partial charge in [0.25, 0.3) is 5.91 Å². The molecule has 1 N–H and O–H groups in total. The summed E-state index contributed by atoms with van der Waals surface area (Å²) in [5, 5.41) is 6.96. The highest BCUT2D eigenvalue weighted by Gasteiger charge is 2.45.